The van der Waals surface area contributed by atoms with Gasteiger partial charge in [0.15, 0.2) is 17.3 Å². The zero-order valence-electron chi connectivity index (χ0n) is 13.2. The van der Waals surface area contributed by atoms with Gasteiger partial charge in [-0.15, -0.1) is 0 Å². The van der Waals surface area contributed by atoms with Crippen molar-refractivity contribution >= 4 is 17.3 Å². The highest BCUT2D eigenvalue weighted by Crippen LogP contribution is 2.45. The Balaban J connectivity index is 1.94. The lowest BCUT2D eigenvalue weighted by atomic mass is 9.68. The fourth-order valence-electron chi connectivity index (χ4n) is 4.05. The highest BCUT2D eigenvalue weighted by atomic mass is 16.3. The Kier molecular flexibility index (Phi) is 2.97. The van der Waals surface area contributed by atoms with Crippen molar-refractivity contribution in [3.05, 3.63) is 51.6 Å². The van der Waals surface area contributed by atoms with E-state index in [-0.39, 0.29) is 40.4 Å². The number of hydrogen-bond donors (Lipinski definition) is 2. The number of fused-ring (bicyclic) bond motifs is 2. The van der Waals surface area contributed by atoms with Crippen LogP contribution in [0.15, 0.2) is 40.5 Å². The number of Topliss-reactive ketones (excluding diaryl/α,β-unsaturated/α-hetero) is 3. The Hall–Kier alpha value is -2.53. The van der Waals surface area contributed by atoms with Gasteiger partial charge in [0.05, 0.1) is 11.2 Å². The quantitative estimate of drug-likeness (QED) is 0.764. The number of allylic oxidation sites excluding steroid dienone is 3. The molecule has 1 atom stereocenters. The fraction of sp³-hybridized carbons (Fsp3) is 0.316. The van der Waals surface area contributed by atoms with E-state index in [9.17, 15) is 24.6 Å². The maximum absolute atomic E-state index is 12.9. The summed E-state index contributed by atoms with van der Waals surface area (Å²) in [6, 6.07) is 4.39. The lowest BCUT2D eigenvalue weighted by Gasteiger charge is -2.36. The normalized spacial score (nSPS) is 26.3. The second-order valence-corrected chi connectivity index (χ2v) is 6.96. The van der Waals surface area contributed by atoms with Crippen molar-refractivity contribution in [3.63, 3.8) is 0 Å². The van der Waals surface area contributed by atoms with Gasteiger partial charge < -0.3 is 10.2 Å². The van der Waals surface area contributed by atoms with Crippen LogP contribution >= 0.6 is 0 Å². The first-order valence-corrected chi connectivity index (χ1v) is 7.92. The molecule has 122 valence electrons. The molecule has 4 rings (SSSR count). The smallest absolute Gasteiger partial charge is 0.195 e. The highest BCUT2D eigenvalue weighted by Gasteiger charge is 2.44. The maximum Gasteiger partial charge on any atom is 0.195 e. The third-order valence-corrected chi connectivity index (χ3v) is 5.01. The first-order chi connectivity index (χ1) is 11.3. The summed E-state index contributed by atoms with van der Waals surface area (Å²) in [4.78, 5) is 38.3. The number of rotatable bonds is 0. The molecule has 0 unspecified atom stereocenters. The lowest BCUT2D eigenvalue weighted by molar-refractivity contribution is -0.120. The minimum absolute atomic E-state index is 0.0283. The van der Waals surface area contributed by atoms with Crippen LogP contribution in [-0.2, 0) is 4.79 Å². The zero-order chi connectivity index (χ0) is 17.2. The monoisotopic (exact) mass is 324 g/mol. The van der Waals surface area contributed by atoms with Crippen molar-refractivity contribution in [3.8, 4) is 5.75 Å². The third-order valence-electron chi connectivity index (χ3n) is 5.01. The number of aromatic hydroxyl groups is 1. The summed E-state index contributed by atoms with van der Waals surface area (Å²) in [7, 11) is 0. The predicted molar refractivity (Wildman–Crippen MR) is 84.9 cm³/mol. The molecule has 24 heavy (non-hydrogen) atoms. The number of hydrogen-bond acceptors (Lipinski definition) is 5. The van der Waals surface area contributed by atoms with Crippen LogP contribution in [0.3, 0.4) is 0 Å². The van der Waals surface area contributed by atoms with E-state index in [1.165, 1.54) is 18.2 Å². The summed E-state index contributed by atoms with van der Waals surface area (Å²) in [5, 5.41) is 20.2. The van der Waals surface area contributed by atoms with Gasteiger partial charge in [-0.05, 0) is 32.3 Å². The molecule has 0 bridgehead atoms. The van der Waals surface area contributed by atoms with Crippen molar-refractivity contribution < 1.29 is 24.6 Å². The lowest BCUT2D eigenvalue weighted by Crippen LogP contribution is -2.38. The van der Waals surface area contributed by atoms with E-state index in [1.807, 2.05) is 0 Å². The number of ketones is 3. The van der Waals surface area contributed by atoms with E-state index >= 15 is 0 Å². The molecular weight excluding hydrogens is 308 g/mol. The Morgan fingerprint density at radius 3 is 2.50 bits per heavy atom. The SMILES string of the molecule is C[C@@]1(O)CC(=O)C2=C(CCC3=C2C(=O)c2cccc(O)c2C3=O)C1. The van der Waals surface area contributed by atoms with Gasteiger partial charge in [-0.3, -0.25) is 14.4 Å². The molecule has 5 heteroatoms. The first kappa shape index (κ1) is 15.0. The molecule has 3 aliphatic carbocycles. The highest BCUT2D eigenvalue weighted by molar-refractivity contribution is 6.32. The summed E-state index contributed by atoms with van der Waals surface area (Å²) < 4.78 is 0. The number of carbonyl (C=O) groups is 3. The average molecular weight is 324 g/mol. The van der Waals surface area contributed by atoms with Gasteiger partial charge in [-0.1, -0.05) is 17.7 Å². The summed E-state index contributed by atoms with van der Waals surface area (Å²) in [5.41, 5.74) is 0.613. The molecular formula is C19H16O5. The van der Waals surface area contributed by atoms with Gasteiger partial charge >= 0.3 is 0 Å². The number of carbonyl (C=O) groups excluding carboxylic acids is 3. The topological polar surface area (TPSA) is 91.7 Å². The molecule has 3 aliphatic rings. The van der Waals surface area contributed by atoms with Crippen LogP contribution in [-0.4, -0.2) is 33.2 Å². The molecule has 5 nitrogen and oxygen atoms in total. The number of phenolic OH excluding ortho intramolecular Hbond substituents is 1. The van der Waals surface area contributed by atoms with Crippen LogP contribution in [0, 0.1) is 0 Å². The van der Waals surface area contributed by atoms with Crippen LogP contribution in [0.5, 0.6) is 5.75 Å². The van der Waals surface area contributed by atoms with Crippen molar-refractivity contribution in [1.82, 2.24) is 0 Å². The first-order valence-electron chi connectivity index (χ1n) is 7.92. The van der Waals surface area contributed by atoms with E-state index in [0.717, 1.165) is 5.57 Å². The van der Waals surface area contributed by atoms with Crippen LogP contribution in [0.4, 0.5) is 0 Å². The minimum atomic E-state index is -1.11. The van der Waals surface area contributed by atoms with E-state index < -0.39 is 11.4 Å². The molecule has 0 aromatic heterocycles. The van der Waals surface area contributed by atoms with Gasteiger partial charge in [0.2, 0.25) is 0 Å². The standard InChI is InChI=1S/C19H16O5/c1-19(24)7-9-5-6-11-16(14(9)13(21)8-19)18(23)10-3-2-4-12(20)15(10)17(11)22/h2-4,20,24H,5-8H2,1H3/t19-/m0/s1. The molecule has 0 saturated carbocycles. The van der Waals surface area contributed by atoms with Crippen molar-refractivity contribution in [2.75, 3.05) is 0 Å². The summed E-state index contributed by atoms with van der Waals surface area (Å²) >= 11 is 0. The molecule has 0 saturated heterocycles. The molecule has 0 amide bonds. The van der Waals surface area contributed by atoms with Gasteiger partial charge in [-0.2, -0.15) is 0 Å². The van der Waals surface area contributed by atoms with Gasteiger partial charge in [0.1, 0.15) is 5.75 Å². The Bertz CT molecular complexity index is 898. The van der Waals surface area contributed by atoms with Gasteiger partial charge in [0, 0.05) is 28.7 Å². The molecule has 0 radical (unpaired) electrons. The largest absolute Gasteiger partial charge is 0.507 e. The molecule has 2 N–H and O–H groups in total. The van der Waals surface area contributed by atoms with E-state index in [1.54, 1.807) is 6.92 Å². The summed E-state index contributed by atoms with van der Waals surface area (Å²) in [5.74, 6) is -1.28. The van der Waals surface area contributed by atoms with Crippen molar-refractivity contribution in [2.24, 2.45) is 0 Å². The fourth-order valence-corrected chi connectivity index (χ4v) is 4.05. The minimum Gasteiger partial charge on any atom is -0.507 e. The molecule has 0 spiro atoms. The maximum atomic E-state index is 12.9. The van der Waals surface area contributed by atoms with E-state index in [2.05, 4.69) is 0 Å². The second-order valence-electron chi connectivity index (χ2n) is 6.96. The molecule has 1 aromatic rings. The average Bonchev–Trinajstić information content (AvgIpc) is 2.50. The van der Waals surface area contributed by atoms with E-state index in [4.69, 9.17) is 0 Å². The number of phenols is 1. The number of benzene rings is 1. The summed E-state index contributed by atoms with van der Waals surface area (Å²) in [6.07, 6.45) is 1.09. The second kappa shape index (κ2) is 4.74. The van der Waals surface area contributed by atoms with Gasteiger partial charge in [0.25, 0.3) is 0 Å². The Morgan fingerprint density at radius 2 is 1.75 bits per heavy atom. The zero-order valence-corrected chi connectivity index (χ0v) is 13.2. The molecule has 1 aromatic carbocycles. The van der Waals surface area contributed by atoms with Crippen LogP contribution in [0.1, 0.15) is 53.3 Å². The van der Waals surface area contributed by atoms with Crippen molar-refractivity contribution in [1.29, 1.82) is 0 Å². The third kappa shape index (κ3) is 1.94. The Labute approximate surface area is 138 Å². The Morgan fingerprint density at radius 1 is 1.00 bits per heavy atom. The predicted octanol–water partition coefficient (Wildman–Crippen LogP) is 2.27. The molecule has 0 aliphatic heterocycles. The van der Waals surface area contributed by atoms with E-state index in [0.29, 0.717) is 30.4 Å². The number of aliphatic hydroxyl groups is 1. The molecule has 0 fully saturated rings. The summed E-state index contributed by atoms with van der Waals surface area (Å²) in [6.45, 7) is 1.61. The van der Waals surface area contributed by atoms with Crippen LogP contribution < -0.4 is 0 Å². The molecule has 0 heterocycles. The van der Waals surface area contributed by atoms with Crippen molar-refractivity contribution in [2.45, 2.75) is 38.2 Å². The van der Waals surface area contributed by atoms with Crippen LogP contribution in [0.2, 0.25) is 0 Å². The van der Waals surface area contributed by atoms with Gasteiger partial charge in [-0.25, -0.2) is 0 Å². The van der Waals surface area contributed by atoms with Crippen LogP contribution in [0.25, 0.3) is 0 Å².